The first kappa shape index (κ1) is 12.5. The zero-order chi connectivity index (χ0) is 13.4. The van der Waals surface area contributed by atoms with Crippen LogP contribution in [-0.4, -0.2) is 52.9 Å². The van der Waals surface area contributed by atoms with Crippen LogP contribution in [0.1, 0.15) is 10.5 Å². The Kier molecular flexibility index (Phi) is 3.21. The van der Waals surface area contributed by atoms with E-state index in [-0.39, 0.29) is 11.4 Å². The second kappa shape index (κ2) is 4.87. The highest BCUT2D eigenvalue weighted by Crippen LogP contribution is 2.18. The summed E-state index contributed by atoms with van der Waals surface area (Å²) in [4.78, 5) is 19.5. The van der Waals surface area contributed by atoms with Crippen LogP contribution >= 0.6 is 11.6 Å². The van der Waals surface area contributed by atoms with Gasteiger partial charge in [-0.2, -0.15) is 0 Å². The summed E-state index contributed by atoms with van der Waals surface area (Å²) in [6.45, 7) is 2.08. The Labute approximate surface area is 116 Å². The third-order valence-corrected chi connectivity index (χ3v) is 4.09. The Morgan fingerprint density at radius 2 is 2.16 bits per heavy atom. The van der Waals surface area contributed by atoms with Crippen LogP contribution in [0.2, 0.25) is 0 Å². The van der Waals surface area contributed by atoms with E-state index < -0.39 is 0 Å². The minimum Gasteiger partial charge on any atom is -0.351 e. The van der Waals surface area contributed by atoms with Crippen LogP contribution < -0.4 is 0 Å². The molecule has 1 aromatic carbocycles. The topological polar surface area (TPSA) is 39.3 Å². The molecule has 1 atom stereocenters. The van der Waals surface area contributed by atoms with Gasteiger partial charge in [-0.3, -0.25) is 9.69 Å². The molecule has 1 aliphatic heterocycles. The van der Waals surface area contributed by atoms with Crippen LogP contribution in [0.4, 0.5) is 0 Å². The lowest BCUT2D eigenvalue weighted by Crippen LogP contribution is -2.51. The number of likely N-dealkylation sites (N-methyl/N-ethyl adjacent to an activating group) is 1. The van der Waals surface area contributed by atoms with E-state index in [4.69, 9.17) is 11.6 Å². The lowest BCUT2D eigenvalue weighted by atomic mass is 10.2. The minimum atomic E-state index is -0.109. The Morgan fingerprint density at radius 1 is 1.37 bits per heavy atom. The summed E-state index contributed by atoms with van der Waals surface area (Å²) in [6.07, 6.45) is 0. The van der Waals surface area contributed by atoms with Gasteiger partial charge in [0.15, 0.2) is 0 Å². The second-order valence-electron chi connectivity index (χ2n) is 4.94. The van der Waals surface area contributed by atoms with Gasteiger partial charge in [0.05, 0.1) is 6.54 Å². The number of alkyl halides is 1. The van der Waals surface area contributed by atoms with Crippen molar-refractivity contribution in [3.8, 4) is 0 Å². The molecule has 0 aliphatic carbocycles. The average Bonchev–Trinajstić information content (AvgIpc) is 2.85. The molecule has 1 unspecified atom stereocenters. The maximum atomic E-state index is 12.4. The number of piperazine rings is 1. The molecule has 0 saturated carbocycles. The highest BCUT2D eigenvalue weighted by Gasteiger charge is 2.27. The van der Waals surface area contributed by atoms with E-state index in [1.807, 2.05) is 42.3 Å². The lowest BCUT2D eigenvalue weighted by molar-refractivity contribution is 0.0628. The molecule has 4 nitrogen and oxygen atoms in total. The van der Waals surface area contributed by atoms with Gasteiger partial charge in [-0.15, -0.1) is 11.6 Å². The molecule has 2 aromatic rings. The van der Waals surface area contributed by atoms with Gasteiger partial charge in [0.2, 0.25) is 0 Å². The molecule has 0 bridgehead atoms. The maximum Gasteiger partial charge on any atom is 0.270 e. The highest BCUT2D eigenvalue weighted by atomic mass is 35.5. The molecule has 1 aromatic heterocycles. The fourth-order valence-corrected chi connectivity index (χ4v) is 2.64. The molecular formula is C14H16ClN3O. The number of carbonyl (C=O) groups excluding carboxylic acids is 1. The van der Waals surface area contributed by atoms with E-state index in [2.05, 4.69) is 9.88 Å². The summed E-state index contributed by atoms with van der Waals surface area (Å²) in [6, 6.07) is 9.80. The third kappa shape index (κ3) is 2.33. The summed E-state index contributed by atoms with van der Waals surface area (Å²) < 4.78 is 0. The monoisotopic (exact) mass is 277 g/mol. The molecule has 1 saturated heterocycles. The smallest absolute Gasteiger partial charge is 0.270 e. The van der Waals surface area contributed by atoms with Crippen molar-refractivity contribution in [2.45, 2.75) is 5.50 Å². The molecule has 5 heteroatoms. The van der Waals surface area contributed by atoms with Gasteiger partial charge in [0.25, 0.3) is 5.91 Å². The summed E-state index contributed by atoms with van der Waals surface area (Å²) in [5.41, 5.74) is 1.51. The number of nitrogens with one attached hydrogen (secondary N) is 1. The normalized spacial score (nSPS) is 20.9. The van der Waals surface area contributed by atoms with Crippen molar-refractivity contribution < 1.29 is 4.79 Å². The van der Waals surface area contributed by atoms with E-state index in [1.54, 1.807) is 0 Å². The number of nitrogens with zero attached hydrogens (tertiary/aromatic N) is 2. The van der Waals surface area contributed by atoms with E-state index in [0.29, 0.717) is 18.8 Å². The number of amides is 1. The molecule has 0 radical (unpaired) electrons. The zero-order valence-electron chi connectivity index (χ0n) is 10.8. The SMILES string of the molecule is CN1CCN(C(=O)c2cc3ccccc3[nH]2)CC1Cl. The van der Waals surface area contributed by atoms with Crippen LogP contribution in [0.25, 0.3) is 10.9 Å². The van der Waals surface area contributed by atoms with Crippen molar-refractivity contribution in [1.29, 1.82) is 0 Å². The number of carbonyl (C=O) groups is 1. The summed E-state index contributed by atoms with van der Waals surface area (Å²) in [5.74, 6) is 0.0231. The Morgan fingerprint density at radius 3 is 2.89 bits per heavy atom. The summed E-state index contributed by atoms with van der Waals surface area (Å²) in [7, 11) is 1.97. The molecule has 0 spiro atoms. The predicted molar refractivity (Wildman–Crippen MR) is 76.5 cm³/mol. The number of halogens is 1. The number of hydrogen-bond acceptors (Lipinski definition) is 2. The van der Waals surface area contributed by atoms with E-state index >= 15 is 0 Å². The van der Waals surface area contributed by atoms with Crippen molar-refractivity contribution in [3.05, 3.63) is 36.0 Å². The number of hydrogen-bond donors (Lipinski definition) is 1. The first-order valence-corrected chi connectivity index (χ1v) is 6.80. The van der Waals surface area contributed by atoms with Gasteiger partial charge in [-0.1, -0.05) is 18.2 Å². The number of aromatic nitrogens is 1. The standard InChI is InChI=1S/C14H16ClN3O/c1-17-6-7-18(9-13(17)15)14(19)12-8-10-4-2-3-5-11(10)16-12/h2-5,8,13,16H,6-7,9H2,1H3. The van der Waals surface area contributed by atoms with E-state index in [1.165, 1.54) is 0 Å². The Balaban J connectivity index is 1.83. The molecule has 2 heterocycles. The van der Waals surface area contributed by atoms with Crippen LogP contribution in [0.5, 0.6) is 0 Å². The molecular weight excluding hydrogens is 262 g/mol. The van der Waals surface area contributed by atoms with Crippen molar-refractivity contribution in [1.82, 2.24) is 14.8 Å². The number of rotatable bonds is 1. The zero-order valence-corrected chi connectivity index (χ0v) is 11.5. The van der Waals surface area contributed by atoms with Crippen LogP contribution in [0.15, 0.2) is 30.3 Å². The second-order valence-corrected chi connectivity index (χ2v) is 5.44. The van der Waals surface area contributed by atoms with Gasteiger partial charge in [-0.05, 0) is 19.2 Å². The molecule has 100 valence electrons. The van der Waals surface area contributed by atoms with Crippen LogP contribution in [-0.2, 0) is 0 Å². The van der Waals surface area contributed by atoms with Gasteiger partial charge in [-0.25, -0.2) is 0 Å². The van der Waals surface area contributed by atoms with Crippen molar-refractivity contribution in [2.24, 2.45) is 0 Å². The van der Waals surface area contributed by atoms with Gasteiger partial charge in [0.1, 0.15) is 11.2 Å². The Hall–Kier alpha value is -1.52. The highest BCUT2D eigenvalue weighted by molar-refractivity contribution is 6.20. The molecule has 1 N–H and O–H groups in total. The maximum absolute atomic E-state index is 12.4. The summed E-state index contributed by atoms with van der Waals surface area (Å²) >= 11 is 6.19. The quantitative estimate of drug-likeness (QED) is 0.641. The molecule has 3 rings (SSSR count). The number of fused-ring (bicyclic) bond motifs is 1. The van der Waals surface area contributed by atoms with Crippen molar-refractivity contribution >= 4 is 28.4 Å². The van der Waals surface area contributed by atoms with E-state index in [0.717, 1.165) is 17.4 Å². The Bertz CT molecular complexity index is 577. The fourth-order valence-electron chi connectivity index (χ4n) is 2.37. The number of para-hydroxylation sites is 1. The van der Waals surface area contributed by atoms with Gasteiger partial charge in [0, 0.05) is 24.0 Å². The predicted octanol–water partition coefficient (Wildman–Crippen LogP) is 2.12. The van der Waals surface area contributed by atoms with Gasteiger partial charge >= 0.3 is 0 Å². The first-order chi connectivity index (χ1) is 9.15. The summed E-state index contributed by atoms with van der Waals surface area (Å²) in [5, 5.41) is 1.06. The largest absolute Gasteiger partial charge is 0.351 e. The molecule has 1 aliphatic rings. The van der Waals surface area contributed by atoms with Crippen LogP contribution in [0.3, 0.4) is 0 Å². The minimum absolute atomic E-state index is 0.0231. The van der Waals surface area contributed by atoms with Crippen LogP contribution in [0, 0.1) is 0 Å². The number of H-pyrrole nitrogens is 1. The molecule has 19 heavy (non-hydrogen) atoms. The molecule has 1 fully saturated rings. The lowest BCUT2D eigenvalue weighted by Gasteiger charge is -2.36. The average molecular weight is 278 g/mol. The number of benzene rings is 1. The third-order valence-electron chi connectivity index (χ3n) is 3.62. The fraction of sp³-hybridized carbons (Fsp3) is 0.357. The number of aromatic amines is 1. The van der Waals surface area contributed by atoms with Crippen molar-refractivity contribution in [2.75, 3.05) is 26.7 Å². The van der Waals surface area contributed by atoms with E-state index in [9.17, 15) is 4.79 Å². The molecule has 1 amide bonds. The van der Waals surface area contributed by atoms with Gasteiger partial charge < -0.3 is 9.88 Å². The van der Waals surface area contributed by atoms with Crippen molar-refractivity contribution in [3.63, 3.8) is 0 Å². The first-order valence-electron chi connectivity index (χ1n) is 6.36.